The number of aliphatic hydroxyl groups excluding tert-OH is 1. The highest BCUT2D eigenvalue weighted by Crippen LogP contribution is 2.45. The van der Waals surface area contributed by atoms with Crippen molar-refractivity contribution in [2.75, 3.05) is 12.4 Å². The second-order valence-electron chi connectivity index (χ2n) is 6.32. The molecule has 142 valence electrons. The number of hydrogen-bond acceptors (Lipinski definition) is 5. The van der Waals surface area contributed by atoms with Crippen LogP contribution in [0.2, 0.25) is 0 Å². The Morgan fingerprint density at radius 1 is 0.929 bits per heavy atom. The van der Waals surface area contributed by atoms with E-state index in [2.05, 4.69) is 5.32 Å². The maximum absolute atomic E-state index is 12.4. The highest BCUT2D eigenvalue weighted by atomic mass is 32.2. The van der Waals surface area contributed by atoms with Gasteiger partial charge in [-0.1, -0.05) is 30.3 Å². The van der Waals surface area contributed by atoms with E-state index in [1.807, 2.05) is 60.7 Å². The Balaban J connectivity index is 1.65. The fraction of sp³-hybridized carbons (Fsp3) is 0.136. The van der Waals surface area contributed by atoms with Crippen molar-refractivity contribution in [2.45, 2.75) is 16.2 Å². The van der Waals surface area contributed by atoms with Gasteiger partial charge in [-0.2, -0.15) is 0 Å². The quantitative estimate of drug-likeness (QED) is 0.676. The fourth-order valence-electron chi connectivity index (χ4n) is 2.98. The van der Waals surface area contributed by atoms with Crippen molar-refractivity contribution in [1.82, 2.24) is 0 Å². The molecule has 2 N–H and O–H groups in total. The van der Waals surface area contributed by atoms with Gasteiger partial charge in [0.15, 0.2) is 0 Å². The Kier molecular flexibility index (Phi) is 5.23. The van der Waals surface area contributed by atoms with Crippen molar-refractivity contribution in [2.24, 2.45) is 0 Å². The number of amides is 1. The molecule has 0 fully saturated rings. The summed E-state index contributed by atoms with van der Waals surface area (Å²) in [4.78, 5) is 13.3. The number of anilines is 1. The number of aliphatic hydroxyl groups is 1. The molecule has 0 aromatic heterocycles. The average Bonchev–Trinajstić information content (AvgIpc) is 2.85. The predicted octanol–water partition coefficient (Wildman–Crippen LogP) is 4.63. The van der Waals surface area contributed by atoms with Crippen LogP contribution in [0, 0.1) is 0 Å². The lowest BCUT2D eigenvalue weighted by molar-refractivity contribution is -0.124. The van der Waals surface area contributed by atoms with E-state index in [1.165, 1.54) is 11.8 Å². The highest BCUT2D eigenvalue weighted by Gasteiger charge is 2.33. The standard InChI is InChI=1S/C22H19NO4S/c1-26-15-9-7-14(8-10-15)21-20(24)22(25)23-18-12-11-17(13-19(18)28-21)27-16-5-3-2-4-6-16/h2-13,20-21,24H,1H3,(H,23,25). The molecule has 0 bridgehead atoms. The number of carbonyl (C=O) groups is 1. The van der Waals surface area contributed by atoms with Gasteiger partial charge in [0.25, 0.3) is 5.91 Å². The van der Waals surface area contributed by atoms with E-state index in [0.29, 0.717) is 11.4 Å². The molecule has 1 amide bonds. The first-order valence-electron chi connectivity index (χ1n) is 8.80. The van der Waals surface area contributed by atoms with Crippen LogP contribution in [0.5, 0.6) is 17.2 Å². The molecular weight excluding hydrogens is 374 g/mol. The number of rotatable bonds is 4. The van der Waals surface area contributed by atoms with E-state index >= 15 is 0 Å². The lowest BCUT2D eigenvalue weighted by Gasteiger charge is -2.19. The third-order valence-electron chi connectivity index (χ3n) is 4.44. The Labute approximate surface area is 167 Å². The van der Waals surface area contributed by atoms with Crippen LogP contribution in [-0.4, -0.2) is 24.2 Å². The molecule has 0 aliphatic carbocycles. The van der Waals surface area contributed by atoms with Crippen molar-refractivity contribution < 1.29 is 19.4 Å². The zero-order valence-electron chi connectivity index (χ0n) is 15.2. The van der Waals surface area contributed by atoms with Crippen LogP contribution in [0.15, 0.2) is 77.7 Å². The molecule has 4 rings (SSSR count). The first-order valence-corrected chi connectivity index (χ1v) is 9.68. The minimum atomic E-state index is -1.18. The Hall–Kier alpha value is -2.96. The number of benzene rings is 3. The summed E-state index contributed by atoms with van der Waals surface area (Å²) >= 11 is 1.43. The number of hydrogen-bond donors (Lipinski definition) is 2. The smallest absolute Gasteiger partial charge is 0.254 e. The summed E-state index contributed by atoms with van der Waals surface area (Å²) < 4.78 is 11.1. The van der Waals surface area contributed by atoms with Crippen LogP contribution in [0.4, 0.5) is 5.69 Å². The monoisotopic (exact) mass is 393 g/mol. The average molecular weight is 393 g/mol. The van der Waals surface area contributed by atoms with Crippen molar-refractivity contribution in [1.29, 1.82) is 0 Å². The van der Waals surface area contributed by atoms with Crippen LogP contribution < -0.4 is 14.8 Å². The third-order valence-corrected chi connectivity index (χ3v) is 5.82. The topological polar surface area (TPSA) is 67.8 Å². The number of para-hydroxylation sites is 1. The molecule has 6 heteroatoms. The Morgan fingerprint density at radius 3 is 2.36 bits per heavy atom. The van der Waals surface area contributed by atoms with Gasteiger partial charge in [-0.05, 0) is 48.0 Å². The van der Waals surface area contributed by atoms with Crippen molar-refractivity contribution >= 4 is 23.4 Å². The zero-order valence-corrected chi connectivity index (χ0v) is 16.0. The summed E-state index contributed by atoms with van der Waals surface area (Å²) in [5, 5.41) is 12.9. The van der Waals surface area contributed by atoms with Crippen molar-refractivity contribution in [3.63, 3.8) is 0 Å². The Bertz CT molecular complexity index is 976. The maximum Gasteiger partial charge on any atom is 0.254 e. The van der Waals surface area contributed by atoms with E-state index in [4.69, 9.17) is 9.47 Å². The molecule has 0 spiro atoms. The highest BCUT2D eigenvalue weighted by molar-refractivity contribution is 7.99. The fourth-order valence-corrected chi connectivity index (χ4v) is 4.23. The van der Waals surface area contributed by atoms with Crippen molar-refractivity contribution in [3.05, 3.63) is 78.4 Å². The molecule has 3 aromatic rings. The molecule has 0 saturated heterocycles. The van der Waals surface area contributed by atoms with Crippen LogP contribution in [0.25, 0.3) is 0 Å². The van der Waals surface area contributed by atoms with E-state index < -0.39 is 17.3 Å². The summed E-state index contributed by atoms with van der Waals surface area (Å²) in [7, 11) is 1.60. The number of nitrogens with one attached hydrogen (secondary N) is 1. The van der Waals surface area contributed by atoms with Gasteiger partial charge in [-0.25, -0.2) is 0 Å². The van der Waals surface area contributed by atoms with Crippen LogP contribution >= 0.6 is 11.8 Å². The van der Waals surface area contributed by atoms with Gasteiger partial charge in [0, 0.05) is 4.90 Å². The normalized spacial score (nSPS) is 18.6. The van der Waals surface area contributed by atoms with Gasteiger partial charge in [0.2, 0.25) is 0 Å². The molecule has 0 saturated carbocycles. The molecule has 2 atom stereocenters. The maximum atomic E-state index is 12.4. The molecule has 5 nitrogen and oxygen atoms in total. The van der Waals surface area contributed by atoms with Gasteiger partial charge >= 0.3 is 0 Å². The number of thioether (sulfide) groups is 1. The van der Waals surface area contributed by atoms with E-state index in [0.717, 1.165) is 22.0 Å². The minimum Gasteiger partial charge on any atom is -0.497 e. The van der Waals surface area contributed by atoms with E-state index in [9.17, 15) is 9.90 Å². The first kappa shape index (κ1) is 18.4. The van der Waals surface area contributed by atoms with Gasteiger partial charge in [0.05, 0.1) is 18.0 Å². The molecule has 1 aliphatic rings. The summed E-state index contributed by atoms with van der Waals surface area (Å²) in [6, 6.07) is 22.3. The summed E-state index contributed by atoms with van der Waals surface area (Å²) in [5.74, 6) is 1.69. The third kappa shape index (κ3) is 3.83. The molecule has 3 aromatic carbocycles. The van der Waals surface area contributed by atoms with Gasteiger partial charge in [-0.3, -0.25) is 4.79 Å². The number of methoxy groups -OCH3 is 1. The zero-order chi connectivity index (χ0) is 19.5. The summed E-state index contributed by atoms with van der Waals surface area (Å²) in [6.07, 6.45) is -1.18. The summed E-state index contributed by atoms with van der Waals surface area (Å²) in [6.45, 7) is 0. The SMILES string of the molecule is COc1ccc(C2Sc3cc(Oc4ccccc4)ccc3NC(=O)C2O)cc1. The second kappa shape index (κ2) is 7.96. The van der Waals surface area contributed by atoms with Crippen LogP contribution in [0.1, 0.15) is 10.8 Å². The molecule has 1 aliphatic heterocycles. The minimum absolute atomic E-state index is 0.427. The van der Waals surface area contributed by atoms with Gasteiger partial charge < -0.3 is 19.9 Å². The Morgan fingerprint density at radius 2 is 1.64 bits per heavy atom. The number of fused-ring (bicyclic) bond motifs is 1. The lowest BCUT2D eigenvalue weighted by atomic mass is 10.1. The predicted molar refractivity (Wildman–Crippen MR) is 109 cm³/mol. The van der Waals surface area contributed by atoms with Crippen LogP contribution in [-0.2, 0) is 4.79 Å². The van der Waals surface area contributed by atoms with E-state index in [-0.39, 0.29) is 0 Å². The van der Waals surface area contributed by atoms with Gasteiger partial charge in [-0.15, -0.1) is 11.8 Å². The van der Waals surface area contributed by atoms with Crippen LogP contribution in [0.3, 0.4) is 0 Å². The number of carbonyl (C=O) groups excluding carboxylic acids is 1. The molecule has 0 radical (unpaired) electrons. The molecule has 28 heavy (non-hydrogen) atoms. The second-order valence-corrected chi connectivity index (χ2v) is 7.50. The lowest BCUT2D eigenvalue weighted by Crippen LogP contribution is -2.30. The molecular formula is C22H19NO4S. The summed E-state index contributed by atoms with van der Waals surface area (Å²) in [5.41, 5.74) is 1.50. The molecule has 2 unspecified atom stereocenters. The van der Waals surface area contributed by atoms with Crippen molar-refractivity contribution in [3.8, 4) is 17.2 Å². The van der Waals surface area contributed by atoms with Gasteiger partial charge in [0.1, 0.15) is 23.4 Å². The van der Waals surface area contributed by atoms with E-state index in [1.54, 1.807) is 19.2 Å². The first-order chi connectivity index (χ1) is 13.6. The largest absolute Gasteiger partial charge is 0.497 e. The number of ether oxygens (including phenoxy) is 2. The molecule has 1 heterocycles.